The van der Waals surface area contributed by atoms with Gasteiger partial charge < -0.3 is 5.11 Å². The minimum absolute atomic E-state index is 0.353. The van der Waals surface area contributed by atoms with Crippen LogP contribution in [0.5, 0.6) is 0 Å². The summed E-state index contributed by atoms with van der Waals surface area (Å²) in [5, 5.41) is 10.7. The molecule has 0 fully saturated rings. The van der Waals surface area contributed by atoms with Crippen molar-refractivity contribution < 1.29 is 9.50 Å². The summed E-state index contributed by atoms with van der Waals surface area (Å²) < 4.78 is 14.0. The first-order valence-corrected chi connectivity index (χ1v) is 7.69. The average Bonchev–Trinajstić information content (AvgIpc) is 2.53. The third kappa shape index (κ3) is 3.16. The van der Waals surface area contributed by atoms with E-state index in [9.17, 15) is 9.50 Å². The zero-order valence-corrected chi connectivity index (χ0v) is 13.0. The number of rotatable bonds is 5. The summed E-state index contributed by atoms with van der Waals surface area (Å²) in [6.07, 6.45) is 1.74. The van der Waals surface area contributed by atoms with E-state index in [1.54, 1.807) is 18.2 Å². The molecule has 1 atom stereocenters. The average molecular weight is 286 g/mol. The van der Waals surface area contributed by atoms with E-state index in [0.717, 1.165) is 36.0 Å². The number of aliphatic hydroxyl groups is 1. The smallest absolute Gasteiger partial charge is 0.129 e. The number of hydrogen-bond acceptors (Lipinski definition) is 1. The summed E-state index contributed by atoms with van der Waals surface area (Å²) in [5.41, 5.74) is 4.73. The van der Waals surface area contributed by atoms with Crippen molar-refractivity contribution in [3.05, 3.63) is 70.0 Å². The highest BCUT2D eigenvalue weighted by atomic mass is 19.1. The van der Waals surface area contributed by atoms with Crippen LogP contribution in [0.1, 0.15) is 54.7 Å². The Morgan fingerprint density at radius 3 is 2.00 bits per heavy atom. The fourth-order valence-corrected chi connectivity index (χ4v) is 2.84. The lowest BCUT2D eigenvalue weighted by Gasteiger charge is -2.21. The topological polar surface area (TPSA) is 20.2 Å². The first-order valence-electron chi connectivity index (χ1n) is 7.69. The molecule has 2 aromatic rings. The Hall–Kier alpha value is -1.67. The zero-order chi connectivity index (χ0) is 15.4. The van der Waals surface area contributed by atoms with Gasteiger partial charge in [0.05, 0.1) is 0 Å². The van der Waals surface area contributed by atoms with Gasteiger partial charge in [0.1, 0.15) is 11.9 Å². The van der Waals surface area contributed by atoms with Crippen molar-refractivity contribution in [1.82, 2.24) is 0 Å². The SMILES string of the molecule is CCc1cc(CC)c(C(O)c2ccccc2F)c(CC)c1. The fraction of sp³-hybridized carbons (Fsp3) is 0.368. The van der Waals surface area contributed by atoms with Gasteiger partial charge in [0.2, 0.25) is 0 Å². The van der Waals surface area contributed by atoms with Crippen LogP contribution in [0.25, 0.3) is 0 Å². The minimum Gasteiger partial charge on any atom is -0.384 e. The van der Waals surface area contributed by atoms with Gasteiger partial charge in [-0.05, 0) is 47.6 Å². The Labute approximate surface area is 126 Å². The Morgan fingerprint density at radius 1 is 0.952 bits per heavy atom. The molecule has 0 saturated heterocycles. The number of aryl methyl sites for hydroxylation is 3. The second-order valence-corrected chi connectivity index (χ2v) is 5.31. The van der Waals surface area contributed by atoms with Gasteiger partial charge in [-0.3, -0.25) is 0 Å². The van der Waals surface area contributed by atoms with Crippen molar-refractivity contribution >= 4 is 0 Å². The lowest BCUT2D eigenvalue weighted by Crippen LogP contribution is -2.10. The van der Waals surface area contributed by atoms with Crippen LogP contribution in [0.2, 0.25) is 0 Å². The van der Waals surface area contributed by atoms with Crippen LogP contribution in [0.15, 0.2) is 36.4 Å². The molecule has 0 saturated carbocycles. The highest BCUT2D eigenvalue weighted by Gasteiger charge is 2.20. The first kappa shape index (κ1) is 15.7. The molecule has 0 aliphatic heterocycles. The normalized spacial score (nSPS) is 12.4. The predicted octanol–water partition coefficient (Wildman–Crippen LogP) is 4.59. The van der Waals surface area contributed by atoms with Crippen molar-refractivity contribution in [3.63, 3.8) is 0 Å². The van der Waals surface area contributed by atoms with Crippen molar-refractivity contribution in [3.8, 4) is 0 Å². The molecule has 0 aromatic heterocycles. The maximum atomic E-state index is 14.0. The minimum atomic E-state index is -0.901. The molecular weight excluding hydrogens is 263 g/mol. The quantitative estimate of drug-likeness (QED) is 0.852. The van der Waals surface area contributed by atoms with Crippen LogP contribution in [0, 0.1) is 5.82 Å². The molecule has 2 rings (SSSR count). The largest absolute Gasteiger partial charge is 0.384 e. The van der Waals surface area contributed by atoms with E-state index in [1.807, 2.05) is 0 Å². The maximum absolute atomic E-state index is 14.0. The number of halogens is 1. The number of aliphatic hydroxyl groups excluding tert-OH is 1. The standard InChI is InChI=1S/C19H23FO/c1-4-13-11-14(5-2)18(15(6-3)12-13)19(21)16-9-7-8-10-17(16)20/h7-12,19,21H,4-6H2,1-3H3. The van der Waals surface area contributed by atoms with Crippen LogP contribution in [-0.4, -0.2) is 5.11 Å². The van der Waals surface area contributed by atoms with Gasteiger partial charge in [0, 0.05) is 5.56 Å². The monoisotopic (exact) mass is 286 g/mol. The maximum Gasteiger partial charge on any atom is 0.129 e. The predicted molar refractivity (Wildman–Crippen MR) is 85.0 cm³/mol. The molecule has 1 N–H and O–H groups in total. The Bertz CT molecular complexity index is 594. The second-order valence-electron chi connectivity index (χ2n) is 5.31. The molecule has 0 amide bonds. The second kappa shape index (κ2) is 6.86. The molecule has 0 aliphatic rings. The molecule has 2 aromatic carbocycles. The van der Waals surface area contributed by atoms with Gasteiger partial charge in [-0.1, -0.05) is 51.1 Å². The Balaban J connectivity index is 2.59. The molecule has 0 aliphatic carbocycles. The van der Waals surface area contributed by atoms with E-state index in [-0.39, 0.29) is 5.82 Å². The van der Waals surface area contributed by atoms with Crippen molar-refractivity contribution in [2.24, 2.45) is 0 Å². The van der Waals surface area contributed by atoms with Crippen molar-refractivity contribution in [2.45, 2.75) is 46.1 Å². The number of benzene rings is 2. The molecule has 21 heavy (non-hydrogen) atoms. The van der Waals surface area contributed by atoms with Gasteiger partial charge in [-0.2, -0.15) is 0 Å². The van der Waals surface area contributed by atoms with Crippen molar-refractivity contribution in [2.75, 3.05) is 0 Å². The molecule has 0 heterocycles. The molecule has 1 nitrogen and oxygen atoms in total. The molecular formula is C19H23FO. The summed E-state index contributed by atoms with van der Waals surface area (Å²) in [6, 6.07) is 10.7. The molecule has 112 valence electrons. The third-order valence-electron chi connectivity index (χ3n) is 4.05. The molecule has 2 heteroatoms. The summed E-state index contributed by atoms with van der Waals surface area (Å²) in [7, 11) is 0. The van der Waals surface area contributed by atoms with Crippen molar-refractivity contribution in [1.29, 1.82) is 0 Å². The summed E-state index contributed by atoms with van der Waals surface area (Å²) >= 11 is 0. The molecule has 0 bridgehead atoms. The van der Waals surface area contributed by atoms with E-state index in [4.69, 9.17) is 0 Å². The van der Waals surface area contributed by atoms with Gasteiger partial charge >= 0.3 is 0 Å². The van der Waals surface area contributed by atoms with E-state index in [1.165, 1.54) is 11.6 Å². The van der Waals surface area contributed by atoms with Crippen LogP contribution in [0.3, 0.4) is 0 Å². The highest BCUT2D eigenvalue weighted by molar-refractivity contribution is 5.45. The third-order valence-corrected chi connectivity index (χ3v) is 4.05. The highest BCUT2D eigenvalue weighted by Crippen LogP contribution is 2.31. The Kier molecular flexibility index (Phi) is 5.13. The van der Waals surface area contributed by atoms with Crippen LogP contribution >= 0.6 is 0 Å². The van der Waals surface area contributed by atoms with E-state index in [0.29, 0.717) is 5.56 Å². The lowest BCUT2D eigenvalue weighted by molar-refractivity contribution is 0.213. The summed E-state index contributed by atoms with van der Waals surface area (Å²) in [4.78, 5) is 0. The summed E-state index contributed by atoms with van der Waals surface area (Å²) in [6.45, 7) is 6.28. The van der Waals surface area contributed by atoms with Crippen LogP contribution < -0.4 is 0 Å². The van der Waals surface area contributed by atoms with E-state index < -0.39 is 6.10 Å². The van der Waals surface area contributed by atoms with Gasteiger partial charge in [0.25, 0.3) is 0 Å². The molecule has 1 unspecified atom stereocenters. The van der Waals surface area contributed by atoms with Crippen LogP contribution in [0.4, 0.5) is 4.39 Å². The Morgan fingerprint density at radius 2 is 1.52 bits per heavy atom. The van der Waals surface area contributed by atoms with E-state index in [2.05, 4.69) is 32.9 Å². The van der Waals surface area contributed by atoms with Crippen LogP contribution in [-0.2, 0) is 19.3 Å². The lowest BCUT2D eigenvalue weighted by atomic mass is 9.88. The number of hydrogen-bond donors (Lipinski definition) is 1. The fourth-order valence-electron chi connectivity index (χ4n) is 2.84. The van der Waals surface area contributed by atoms with Gasteiger partial charge in [-0.15, -0.1) is 0 Å². The first-order chi connectivity index (χ1) is 10.1. The van der Waals surface area contributed by atoms with Gasteiger partial charge in [0.15, 0.2) is 0 Å². The molecule has 0 radical (unpaired) electrons. The summed E-state index contributed by atoms with van der Waals surface area (Å²) in [5.74, 6) is -0.353. The zero-order valence-electron chi connectivity index (χ0n) is 13.0. The van der Waals surface area contributed by atoms with E-state index >= 15 is 0 Å². The molecule has 0 spiro atoms. The van der Waals surface area contributed by atoms with Gasteiger partial charge in [-0.25, -0.2) is 4.39 Å².